The van der Waals surface area contributed by atoms with E-state index in [4.69, 9.17) is 0 Å². The Balaban J connectivity index is 2.08. The molecule has 0 radical (unpaired) electrons. The molecule has 1 aromatic rings. The van der Waals surface area contributed by atoms with Crippen LogP contribution in [0.15, 0.2) is 0 Å². The molecule has 0 saturated heterocycles. The third kappa shape index (κ3) is 2.83. The molecule has 1 saturated carbocycles. The molecule has 96 valence electrons. The first-order valence-corrected chi connectivity index (χ1v) is 6.64. The normalized spacial score (nSPS) is 20.6. The Morgan fingerprint density at radius 3 is 2.76 bits per heavy atom. The molecule has 1 aliphatic carbocycles. The van der Waals surface area contributed by atoms with E-state index in [1.807, 2.05) is 4.68 Å². The summed E-state index contributed by atoms with van der Waals surface area (Å²) in [5, 5.41) is 15.5. The average Bonchev–Trinajstić information content (AvgIpc) is 2.88. The maximum atomic E-state index is 4.15. The van der Waals surface area contributed by atoms with Crippen LogP contribution < -0.4 is 5.32 Å². The van der Waals surface area contributed by atoms with Crippen molar-refractivity contribution in [1.29, 1.82) is 0 Å². The first kappa shape index (κ1) is 12.5. The molecule has 0 aromatic carbocycles. The molecule has 0 bridgehead atoms. The monoisotopic (exact) mass is 237 g/mol. The fourth-order valence-electron chi connectivity index (χ4n) is 2.78. The van der Waals surface area contributed by atoms with Gasteiger partial charge in [0.25, 0.3) is 0 Å². The second-order valence-corrected chi connectivity index (χ2v) is 5.49. The summed E-state index contributed by atoms with van der Waals surface area (Å²) in [5.74, 6) is 0.958. The van der Waals surface area contributed by atoms with Gasteiger partial charge in [-0.25, -0.2) is 4.68 Å². The zero-order chi connectivity index (χ0) is 12.3. The number of nitrogens with zero attached hydrogens (tertiary/aromatic N) is 4. The minimum atomic E-state index is 0.222. The maximum Gasteiger partial charge on any atom is 0.167 e. The Kier molecular flexibility index (Phi) is 3.76. The lowest BCUT2D eigenvalue weighted by molar-refractivity contribution is 0.258. The molecule has 17 heavy (non-hydrogen) atoms. The van der Waals surface area contributed by atoms with Crippen LogP contribution in [0.2, 0.25) is 0 Å². The average molecular weight is 237 g/mol. The number of nitrogens with one attached hydrogen (secondary N) is 1. The number of hydrogen-bond acceptors (Lipinski definition) is 4. The van der Waals surface area contributed by atoms with Crippen molar-refractivity contribution in [2.45, 2.75) is 59.0 Å². The summed E-state index contributed by atoms with van der Waals surface area (Å²) < 4.78 is 1.98. The Bertz CT molecular complexity index is 354. The lowest BCUT2D eigenvalue weighted by Gasteiger charge is -2.24. The fourth-order valence-corrected chi connectivity index (χ4v) is 2.78. The first-order valence-electron chi connectivity index (χ1n) is 6.64. The maximum absolute atomic E-state index is 4.15. The molecule has 1 aliphatic rings. The van der Waals surface area contributed by atoms with Gasteiger partial charge in [0.05, 0.1) is 12.6 Å². The van der Waals surface area contributed by atoms with Crippen LogP contribution >= 0.6 is 0 Å². The summed E-state index contributed by atoms with van der Waals surface area (Å²) in [6.45, 7) is 8.45. The predicted octanol–water partition coefficient (Wildman–Crippen LogP) is 1.92. The van der Waals surface area contributed by atoms with Crippen molar-refractivity contribution in [3.05, 3.63) is 5.82 Å². The molecular formula is C12H23N5. The molecule has 2 rings (SSSR count). The molecular weight excluding hydrogens is 214 g/mol. The van der Waals surface area contributed by atoms with E-state index in [0.29, 0.717) is 5.41 Å². The molecule has 0 spiro atoms. The van der Waals surface area contributed by atoms with E-state index in [9.17, 15) is 0 Å². The van der Waals surface area contributed by atoms with E-state index in [1.165, 1.54) is 25.7 Å². The second-order valence-electron chi connectivity index (χ2n) is 5.49. The smallest absolute Gasteiger partial charge is 0.167 e. The van der Waals surface area contributed by atoms with Crippen LogP contribution in [0.25, 0.3) is 0 Å². The fraction of sp³-hybridized carbons (Fsp3) is 0.917. The van der Waals surface area contributed by atoms with Crippen LogP contribution in [0.5, 0.6) is 0 Å². The van der Waals surface area contributed by atoms with Gasteiger partial charge in [0.1, 0.15) is 0 Å². The molecule has 0 amide bonds. The topological polar surface area (TPSA) is 55.6 Å². The molecule has 0 aliphatic heterocycles. The summed E-state index contributed by atoms with van der Waals surface area (Å²) in [6.07, 6.45) is 5.28. The van der Waals surface area contributed by atoms with Gasteiger partial charge in [0.15, 0.2) is 5.82 Å². The van der Waals surface area contributed by atoms with Gasteiger partial charge in [-0.1, -0.05) is 26.7 Å². The van der Waals surface area contributed by atoms with Crippen molar-refractivity contribution in [3.63, 3.8) is 0 Å². The predicted molar refractivity (Wildman–Crippen MR) is 66.5 cm³/mol. The van der Waals surface area contributed by atoms with E-state index in [1.54, 1.807) is 0 Å². The highest BCUT2D eigenvalue weighted by molar-refractivity contribution is 4.92. The Morgan fingerprint density at radius 1 is 1.41 bits per heavy atom. The summed E-state index contributed by atoms with van der Waals surface area (Å²) in [6, 6.07) is 0.222. The molecule has 5 heteroatoms. The molecule has 1 atom stereocenters. The standard InChI is InChI=1S/C12H23N5/c1-4-13-10(2)11-14-15-16-17(11)9-12(3)7-5-6-8-12/h10,13H,4-9H2,1-3H3. The van der Waals surface area contributed by atoms with Gasteiger partial charge in [-0.05, 0) is 42.2 Å². The highest BCUT2D eigenvalue weighted by atomic mass is 15.5. The van der Waals surface area contributed by atoms with Crippen LogP contribution in [-0.2, 0) is 6.54 Å². The van der Waals surface area contributed by atoms with Crippen molar-refractivity contribution in [1.82, 2.24) is 25.5 Å². The lowest BCUT2D eigenvalue weighted by atomic mass is 9.89. The van der Waals surface area contributed by atoms with E-state index in [-0.39, 0.29) is 6.04 Å². The van der Waals surface area contributed by atoms with E-state index in [0.717, 1.165) is 18.9 Å². The minimum absolute atomic E-state index is 0.222. The van der Waals surface area contributed by atoms with Crippen LogP contribution in [0.1, 0.15) is 58.3 Å². The molecule has 5 nitrogen and oxygen atoms in total. The van der Waals surface area contributed by atoms with Crippen LogP contribution in [0, 0.1) is 5.41 Å². The number of hydrogen-bond donors (Lipinski definition) is 1. The quantitative estimate of drug-likeness (QED) is 0.850. The van der Waals surface area contributed by atoms with Crippen molar-refractivity contribution >= 4 is 0 Å². The van der Waals surface area contributed by atoms with Gasteiger partial charge >= 0.3 is 0 Å². The van der Waals surface area contributed by atoms with Crippen LogP contribution in [-0.4, -0.2) is 26.8 Å². The SMILES string of the molecule is CCNC(C)c1nnnn1CC1(C)CCCC1. The zero-order valence-electron chi connectivity index (χ0n) is 11.1. The summed E-state index contributed by atoms with van der Waals surface area (Å²) in [4.78, 5) is 0. The molecule has 1 aromatic heterocycles. The van der Waals surface area contributed by atoms with Gasteiger partial charge in [0.2, 0.25) is 0 Å². The summed E-state index contributed by atoms with van der Waals surface area (Å²) in [5.41, 5.74) is 0.385. The zero-order valence-corrected chi connectivity index (χ0v) is 11.1. The Labute approximate surface area is 103 Å². The van der Waals surface area contributed by atoms with Crippen molar-refractivity contribution in [2.75, 3.05) is 6.54 Å². The highest BCUT2D eigenvalue weighted by Crippen LogP contribution is 2.38. The van der Waals surface area contributed by atoms with Crippen molar-refractivity contribution in [2.24, 2.45) is 5.41 Å². The van der Waals surface area contributed by atoms with E-state index in [2.05, 4.69) is 41.6 Å². The third-order valence-electron chi connectivity index (χ3n) is 3.80. The van der Waals surface area contributed by atoms with Crippen LogP contribution in [0.4, 0.5) is 0 Å². The number of rotatable bonds is 5. The van der Waals surface area contributed by atoms with E-state index < -0.39 is 0 Å². The van der Waals surface area contributed by atoms with E-state index >= 15 is 0 Å². The molecule has 1 N–H and O–H groups in total. The van der Waals surface area contributed by atoms with Crippen molar-refractivity contribution in [3.8, 4) is 0 Å². The van der Waals surface area contributed by atoms with Gasteiger partial charge in [-0.3, -0.25) is 0 Å². The number of aromatic nitrogens is 4. The number of tetrazole rings is 1. The third-order valence-corrected chi connectivity index (χ3v) is 3.80. The van der Waals surface area contributed by atoms with Gasteiger partial charge < -0.3 is 5.32 Å². The highest BCUT2D eigenvalue weighted by Gasteiger charge is 2.30. The lowest BCUT2D eigenvalue weighted by Crippen LogP contribution is -2.26. The Morgan fingerprint density at radius 2 is 2.12 bits per heavy atom. The summed E-state index contributed by atoms with van der Waals surface area (Å²) >= 11 is 0. The van der Waals surface area contributed by atoms with Crippen molar-refractivity contribution < 1.29 is 0 Å². The van der Waals surface area contributed by atoms with Gasteiger partial charge in [0, 0.05) is 0 Å². The Hall–Kier alpha value is -0.970. The molecule has 1 unspecified atom stereocenters. The van der Waals surface area contributed by atoms with Gasteiger partial charge in [-0.2, -0.15) is 0 Å². The molecule has 1 fully saturated rings. The van der Waals surface area contributed by atoms with Crippen LogP contribution in [0.3, 0.4) is 0 Å². The largest absolute Gasteiger partial charge is 0.308 e. The first-order chi connectivity index (χ1) is 8.14. The second kappa shape index (κ2) is 5.12. The summed E-state index contributed by atoms with van der Waals surface area (Å²) in [7, 11) is 0. The van der Waals surface area contributed by atoms with Gasteiger partial charge in [-0.15, -0.1) is 5.10 Å². The molecule has 1 heterocycles. The minimum Gasteiger partial charge on any atom is -0.308 e.